The Morgan fingerprint density at radius 2 is 2.29 bits per heavy atom. The number of nitrogens with one attached hydrogen (secondary N) is 1. The molecule has 1 saturated carbocycles. The van der Waals surface area contributed by atoms with Crippen LogP contribution in [0, 0.1) is 5.92 Å². The Kier molecular flexibility index (Phi) is 4.21. The molecule has 3 heteroatoms. The first-order chi connectivity index (χ1) is 8.24. The minimum Gasteiger partial charge on any atom is -0.317 e. The number of hydrogen-bond acceptors (Lipinski definition) is 2. The summed E-state index contributed by atoms with van der Waals surface area (Å²) in [4.78, 5) is 0. The average molecular weight is 235 g/mol. The molecule has 1 heterocycles. The molecule has 1 aliphatic carbocycles. The predicted molar refractivity (Wildman–Crippen MR) is 71.1 cm³/mol. The molecule has 1 unspecified atom stereocenters. The van der Waals surface area contributed by atoms with Crippen LogP contribution in [-0.4, -0.2) is 22.9 Å². The van der Waals surface area contributed by atoms with E-state index in [4.69, 9.17) is 0 Å². The third kappa shape index (κ3) is 3.32. The van der Waals surface area contributed by atoms with E-state index < -0.39 is 0 Å². The van der Waals surface area contributed by atoms with Crippen LogP contribution in [0.4, 0.5) is 0 Å². The van der Waals surface area contributed by atoms with Gasteiger partial charge in [-0.25, -0.2) is 0 Å². The molecule has 96 valence electrons. The molecule has 1 aromatic rings. The van der Waals surface area contributed by atoms with Crippen molar-refractivity contribution in [1.82, 2.24) is 15.1 Å². The van der Waals surface area contributed by atoms with E-state index in [-0.39, 0.29) is 0 Å². The van der Waals surface area contributed by atoms with E-state index in [1.165, 1.54) is 37.1 Å². The Labute approximate surface area is 105 Å². The van der Waals surface area contributed by atoms with Crippen molar-refractivity contribution < 1.29 is 0 Å². The van der Waals surface area contributed by atoms with Gasteiger partial charge in [-0.1, -0.05) is 6.92 Å². The summed E-state index contributed by atoms with van der Waals surface area (Å²) in [6.07, 6.45) is 7.62. The standard InChI is InChI=1S/C14H25N3/c1-4-12-10-13(17(3)16-12)6-5-7-14(15-2)11-8-9-11/h10-11,14-15H,4-9H2,1-3H3. The maximum atomic E-state index is 4.50. The van der Waals surface area contributed by atoms with Crippen LogP contribution in [0.3, 0.4) is 0 Å². The second-order valence-corrected chi connectivity index (χ2v) is 5.23. The van der Waals surface area contributed by atoms with E-state index >= 15 is 0 Å². The van der Waals surface area contributed by atoms with E-state index in [9.17, 15) is 0 Å². The van der Waals surface area contributed by atoms with Crippen LogP contribution in [0.25, 0.3) is 0 Å². The molecule has 0 radical (unpaired) electrons. The number of hydrogen-bond donors (Lipinski definition) is 1. The molecule has 2 rings (SSSR count). The molecule has 3 nitrogen and oxygen atoms in total. The summed E-state index contributed by atoms with van der Waals surface area (Å²) in [5.41, 5.74) is 2.60. The van der Waals surface area contributed by atoms with Gasteiger partial charge in [0, 0.05) is 18.8 Å². The highest BCUT2D eigenvalue weighted by Gasteiger charge is 2.29. The molecule has 1 fully saturated rings. The molecule has 0 aromatic carbocycles. The SMILES string of the molecule is CCc1cc(CCCC(NC)C2CC2)n(C)n1. The van der Waals surface area contributed by atoms with Gasteiger partial charge in [-0.05, 0) is 57.6 Å². The van der Waals surface area contributed by atoms with Crippen molar-refractivity contribution >= 4 is 0 Å². The zero-order chi connectivity index (χ0) is 12.3. The monoisotopic (exact) mass is 235 g/mol. The van der Waals surface area contributed by atoms with Gasteiger partial charge in [0.1, 0.15) is 0 Å². The Hall–Kier alpha value is -0.830. The summed E-state index contributed by atoms with van der Waals surface area (Å²) in [5, 5.41) is 7.95. The van der Waals surface area contributed by atoms with Crippen LogP contribution in [0.1, 0.15) is 44.0 Å². The minimum atomic E-state index is 0.744. The van der Waals surface area contributed by atoms with Crippen LogP contribution >= 0.6 is 0 Å². The van der Waals surface area contributed by atoms with Crippen molar-refractivity contribution in [1.29, 1.82) is 0 Å². The number of nitrogens with zero attached hydrogens (tertiary/aromatic N) is 2. The molecule has 0 amide bonds. The summed E-state index contributed by atoms with van der Waals surface area (Å²) < 4.78 is 2.05. The molecule has 1 aliphatic rings. The van der Waals surface area contributed by atoms with Gasteiger partial charge in [0.2, 0.25) is 0 Å². The molecule has 0 spiro atoms. The van der Waals surface area contributed by atoms with Gasteiger partial charge in [-0.3, -0.25) is 4.68 Å². The molecule has 1 aromatic heterocycles. The third-order valence-corrected chi connectivity index (χ3v) is 3.90. The predicted octanol–water partition coefficient (Wildman–Crippen LogP) is 2.30. The van der Waals surface area contributed by atoms with Gasteiger partial charge in [-0.2, -0.15) is 5.10 Å². The largest absolute Gasteiger partial charge is 0.317 e. The van der Waals surface area contributed by atoms with Crippen molar-refractivity contribution in [2.45, 2.75) is 51.5 Å². The first kappa shape index (κ1) is 12.6. The van der Waals surface area contributed by atoms with E-state index in [0.717, 1.165) is 24.8 Å². The fourth-order valence-electron chi connectivity index (χ4n) is 2.60. The van der Waals surface area contributed by atoms with Crippen LogP contribution in [0.15, 0.2) is 6.07 Å². The van der Waals surface area contributed by atoms with Crippen molar-refractivity contribution in [2.75, 3.05) is 7.05 Å². The zero-order valence-corrected chi connectivity index (χ0v) is 11.4. The summed E-state index contributed by atoms with van der Waals surface area (Å²) in [7, 11) is 4.16. The van der Waals surface area contributed by atoms with E-state index in [1.54, 1.807) is 0 Å². The molecule has 0 aliphatic heterocycles. The molecular formula is C14H25N3. The molecule has 0 saturated heterocycles. The van der Waals surface area contributed by atoms with Gasteiger partial charge >= 0.3 is 0 Å². The fraction of sp³-hybridized carbons (Fsp3) is 0.786. The van der Waals surface area contributed by atoms with Gasteiger partial charge in [0.15, 0.2) is 0 Å². The summed E-state index contributed by atoms with van der Waals surface area (Å²) in [5.74, 6) is 0.956. The average Bonchev–Trinajstić information content (AvgIpc) is 3.10. The highest BCUT2D eigenvalue weighted by Crippen LogP contribution is 2.34. The van der Waals surface area contributed by atoms with Gasteiger partial charge in [0.05, 0.1) is 5.69 Å². The van der Waals surface area contributed by atoms with Crippen molar-refractivity contribution in [2.24, 2.45) is 13.0 Å². The normalized spacial score (nSPS) is 17.4. The van der Waals surface area contributed by atoms with Gasteiger partial charge in [-0.15, -0.1) is 0 Å². The number of aryl methyl sites for hydroxylation is 3. The van der Waals surface area contributed by atoms with E-state index in [0.29, 0.717) is 0 Å². The van der Waals surface area contributed by atoms with Crippen LogP contribution in [0.2, 0.25) is 0 Å². The summed E-state index contributed by atoms with van der Waals surface area (Å²) >= 11 is 0. The molecule has 17 heavy (non-hydrogen) atoms. The zero-order valence-electron chi connectivity index (χ0n) is 11.4. The first-order valence-electron chi connectivity index (χ1n) is 6.93. The quantitative estimate of drug-likeness (QED) is 0.786. The van der Waals surface area contributed by atoms with E-state index in [2.05, 4.69) is 37.5 Å². The molecule has 1 N–H and O–H groups in total. The Bertz CT molecular complexity index is 352. The van der Waals surface area contributed by atoms with Gasteiger partial charge in [0.25, 0.3) is 0 Å². The lowest BCUT2D eigenvalue weighted by Crippen LogP contribution is -2.27. The van der Waals surface area contributed by atoms with Crippen molar-refractivity contribution in [3.8, 4) is 0 Å². The molecule has 1 atom stereocenters. The van der Waals surface area contributed by atoms with E-state index in [1.807, 2.05) is 4.68 Å². The van der Waals surface area contributed by atoms with Gasteiger partial charge < -0.3 is 5.32 Å². The molecule has 0 bridgehead atoms. The fourth-order valence-corrected chi connectivity index (χ4v) is 2.60. The number of aromatic nitrogens is 2. The highest BCUT2D eigenvalue weighted by molar-refractivity contribution is 5.10. The molecular weight excluding hydrogens is 210 g/mol. The Morgan fingerprint density at radius 1 is 1.53 bits per heavy atom. The number of rotatable bonds is 7. The summed E-state index contributed by atoms with van der Waals surface area (Å²) in [6, 6.07) is 3.00. The van der Waals surface area contributed by atoms with Crippen LogP contribution < -0.4 is 5.32 Å². The lowest BCUT2D eigenvalue weighted by atomic mass is 10.0. The first-order valence-corrected chi connectivity index (χ1v) is 6.93. The topological polar surface area (TPSA) is 29.9 Å². The lowest BCUT2D eigenvalue weighted by molar-refractivity contribution is 0.453. The maximum absolute atomic E-state index is 4.50. The van der Waals surface area contributed by atoms with Crippen LogP contribution in [0.5, 0.6) is 0 Å². The third-order valence-electron chi connectivity index (χ3n) is 3.90. The lowest BCUT2D eigenvalue weighted by Gasteiger charge is -2.14. The van der Waals surface area contributed by atoms with Crippen LogP contribution in [-0.2, 0) is 19.9 Å². The smallest absolute Gasteiger partial charge is 0.0624 e. The van der Waals surface area contributed by atoms with Crippen molar-refractivity contribution in [3.05, 3.63) is 17.5 Å². The second kappa shape index (κ2) is 5.67. The Balaban J connectivity index is 1.78. The Morgan fingerprint density at radius 3 is 2.82 bits per heavy atom. The summed E-state index contributed by atoms with van der Waals surface area (Å²) in [6.45, 7) is 2.16. The maximum Gasteiger partial charge on any atom is 0.0624 e. The van der Waals surface area contributed by atoms with Crippen molar-refractivity contribution in [3.63, 3.8) is 0 Å². The second-order valence-electron chi connectivity index (χ2n) is 5.23. The highest BCUT2D eigenvalue weighted by atomic mass is 15.3. The minimum absolute atomic E-state index is 0.744.